The number of hydrogen-bond donors (Lipinski definition) is 1. The molecule has 1 aromatic rings. The Morgan fingerprint density at radius 3 is 2.35 bits per heavy atom. The molecule has 0 radical (unpaired) electrons. The van der Waals surface area contributed by atoms with E-state index in [1.165, 1.54) is 38.5 Å². The van der Waals surface area contributed by atoms with Gasteiger partial charge < -0.3 is 19.7 Å². The number of nitrogens with one attached hydrogen (secondary N) is 1. The highest BCUT2D eigenvalue weighted by molar-refractivity contribution is 5.99. The molecule has 4 aliphatic carbocycles. The van der Waals surface area contributed by atoms with Crippen LogP contribution in [0.15, 0.2) is 18.2 Å². The van der Waals surface area contributed by atoms with E-state index in [-0.39, 0.29) is 17.3 Å². The van der Waals surface area contributed by atoms with Gasteiger partial charge in [0.15, 0.2) is 0 Å². The van der Waals surface area contributed by atoms with Crippen LogP contribution < -0.4 is 10.2 Å². The molecule has 4 bridgehead atoms. The maximum absolute atomic E-state index is 13.0. The Morgan fingerprint density at radius 2 is 1.74 bits per heavy atom. The molecule has 168 valence electrons. The van der Waals surface area contributed by atoms with Gasteiger partial charge in [0, 0.05) is 25.2 Å². The van der Waals surface area contributed by atoms with E-state index >= 15 is 0 Å². The number of esters is 1. The van der Waals surface area contributed by atoms with Gasteiger partial charge in [0.05, 0.1) is 31.1 Å². The molecule has 1 aromatic carbocycles. The summed E-state index contributed by atoms with van der Waals surface area (Å²) in [6.45, 7) is 4.90. The third-order valence-electron chi connectivity index (χ3n) is 7.83. The van der Waals surface area contributed by atoms with Crippen molar-refractivity contribution in [2.45, 2.75) is 51.9 Å². The quantitative estimate of drug-likeness (QED) is 0.689. The maximum Gasteiger partial charge on any atom is 0.340 e. The normalized spacial score (nSPS) is 31.5. The summed E-state index contributed by atoms with van der Waals surface area (Å²) in [5.41, 5.74) is 2.24. The lowest BCUT2D eigenvalue weighted by Crippen LogP contribution is -2.47. The molecule has 1 heterocycles. The monoisotopic (exact) mass is 426 g/mol. The van der Waals surface area contributed by atoms with Gasteiger partial charge >= 0.3 is 5.97 Å². The molecule has 0 atom stereocenters. The highest BCUT2D eigenvalue weighted by Crippen LogP contribution is 2.61. The van der Waals surface area contributed by atoms with Crippen LogP contribution in [0, 0.1) is 23.2 Å². The molecule has 6 nitrogen and oxygen atoms in total. The summed E-state index contributed by atoms with van der Waals surface area (Å²) in [4.78, 5) is 27.8. The molecule has 6 rings (SSSR count). The Labute approximate surface area is 184 Å². The first-order chi connectivity index (χ1) is 15.0. The third kappa shape index (κ3) is 4.32. The first-order valence-electron chi connectivity index (χ1n) is 12.0. The standard InChI is InChI=1S/C25H34N2O4/c1-2-31-24(29)21-12-20(3-4-22(21)27-5-7-30-8-6-27)26-23(28)16-25-13-17-9-18(14-25)11-19(10-17)15-25/h3-4,12,17-19H,2,5-11,13-16H2,1H3,(H,26,28). The minimum atomic E-state index is -0.346. The fourth-order valence-corrected chi connectivity index (χ4v) is 7.12. The Balaban J connectivity index is 1.31. The second-order valence-corrected chi connectivity index (χ2v) is 10.2. The molecule has 0 spiro atoms. The predicted octanol–water partition coefficient (Wildman–Crippen LogP) is 4.24. The molecule has 1 N–H and O–H groups in total. The van der Waals surface area contributed by atoms with Crippen LogP contribution in [0.25, 0.3) is 0 Å². The van der Waals surface area contributed by atoms with Gasteiger partial charge in [-0.05, 0) is 86.8 Å². The maximum atomic E-state index is 13.0. The van der Waals surface area contributed by atoms with Crippen LogP contribution in [0.3, 0.4) is 0 Å². The van der Waals surface area contributed by atoms with Crippen LogP contribution >= 0.6 is 0 Å². The number of carbonyl (C=O) groups excluding carboxylic acids is 2. The average Bonchev–Trinajstić information content (AvgIpc) is 2.73. The van der Waals surface area contributed by atoms with Crippen molar-refractivity contribution < 1.29 is 19.1 Å². The first kappa shape index (κ1) is 20.8. The van der Waals surface area contributed by atoms with E-state index in [0.29, 0.717) is 37.5 Å². The van der Waals surface area contributed by atoms with Crippen LogP contribution in [0.5, 0.6) is 0 Å². The van der Waals surface area contributed by atoms with Gasteiger partial charge in [0.25, 0.3) is 0 Å². The largest absolute Gasteiger partial charge is 0.462 e. The second-order valence-electron chi connectivity index (χ2n) is 10.2. The Bertz CT molecular complexity index is 811. The summed E-state index contributed by atoms with van der Waals surface area (Å²) in [7, 11) is 0. The number of rotatable bonds is 6. The number of benzene rings is 1. The molecule has 31 heavy (non-hydrogen) atoms. The molecule has 5 fully saturated rings. The number of carbonyl (C=O) groups is 2. The van der Waals surface area contributed by atoms with Gasteiger partial charge in [-0.3, -0.25) is 4.79 Å². The summed E-state index contributed by atoms with van der Waals surface area (Å²) in [5, 5.41) is 3.09. The molecule has 0 unspecified atom stereocenters. The third-order valence-corrected chi connectivity index (χ3v) is 7.83. The van der Waals surface area contributed by atoms with Crippen molar-refractivity contribution in [2.75, 3.05) is 43.1 Å². The van der Waals surface area contributed by atoms with E-state index in [1.54, 1.807) is 6.07 Å². The zero-order valence-electron chi connectivity index (χ0n) is 18.5. The SMILES string of the molecule is CCOC(=O)c1cc(NC(=O)CC23CC4CC(CC(C4)C2)C3)ccc1N1CCOCC1. The molecular weight excluding hydrogens is 392 g/mol. The highest BCUT2D eigenvalue weighted by atomic mass is 16.5. The molecule has 1 saturated heterocycles. The summed E-state index contributed by atoms with van der Waals surface area (Å²) >= 11 is 0. The molecular formula is C25H34N2O4. The fourth-order valence-electron chi connectivity index (χ4n) is 7.12. The van der Waals surface area contributed by atoms with Crippen molar-refractivity contribution in [3.63, 3.8) is 0 Å². The number of nitrogens with zero attached hydrogens (tertiary/aromatic N) is 1. The fraction of sp³-hybridized carbons (Fsp3) is 0.680. The van der Waals surface area contributed by atoms with Crippen LogP contribution in [-0.4, -0.2) is 44.8 Å². The lowest BCUT2D eigenvalue weighted by atomic mass is 9.49. The van der Waals surface area contributed by atoms with Crippen molar-refractivity contribution in [2.24, 2.45) is 23.2 Å². The molecule has 1 amide bonds. The molecule has 5 aliphatic rings. The molecule has 6 heteroatoms. The van der Waals surface area contributed by atoms with E-state index in [1.807, 2.05) is 19.1 Å². The van der Waals surface area contributed by atoms with Crippen molar-refractivity contribution in [1.82, 2.24) is 0 Å². The molecule has 0 aromatic heterocycles. The van der Waals surface area contributed by atoms with Crippen molar-refractivity contribution in [3.8, 4) is 0 Å². The van der Waals surface area contributed by atoms with Crippen LogP contribution in [-0.2, 0) is 14.3 Å². The summed E-state index contributed by atoms with van der Waals surface area (Å²) < 4.78 is 10.7. The topological polar surface area (TPSA) is 67.9 Å². The number of anilines is 2. The first-order valence-corrected chi connectivity index (χ1v) is 12.0. The average molecular weight is 427 g/mol. The van der Waals surface area contributed by atoms with E-state index in [0.717, 1.165) is 36.5 Å². The van der Waals surface area contributed by atoms with Gasteiger partial charge in [-0.1, -0.05) is 0 Å². The van der Waals surface area contributed by atoms with Crippen LogP contribution in [0.1, 0.15) is 62.2 Å². The zero-order chi connectivity index (χ0) is 21.4. The Kier molecular flexibility index (Phi) is 5.67. The van der Waals surface area contributed by atoms with Crippen LogP contribution in [0.2, 0.25) is 0 Å². The minimum absolute atomic E-state index is 0.0795. The van der Waals surface area contributed by atoms with Crippen molar-refractivity contribution in [1.29, 1.82) is 0 Å². The number of ether oxygens (including phenoxy) is 2. The van der Waals surface area contributed by atoms with E-state index in [2.05, 4.69) is 10.2 Å². The summed E-state index contributed by atoms with van der Waals surface area (Å²) in [6.07, 6.45) is 8.41. The van der Waals surface area contributed by atoms with Crippen LogP contribution in [0.4, 0.5) is 11.4 Å². The number of amides is 1. The lowest BCUT2D eigenvalue weighted by molar-refractivity contribution is -0.124. The highest BCUT2D eigenvalue weighted by Gasteiger charge is 2.51. The number of hydrogen-bond acceptors (Lipinski definition) is 5. The smallest absolute Gasteiger partial charge is 0.340 e. The number of morpholine rings is 1. The summed E-state index contributed by atoms with van der Waals surface area (Å²) in [6, 6.07) is 5.61. The van der Waals surface area contributed by atoms with Crippen molar-refractivity contribution >= 4 is 23.3 Å². The lowest BCUT2D eigenvalue weighted by Gasteiger charge is -2.56. The zero-order valence-corrected chi connectivity index (χ0v) is 18.5. The van der Waals surface area contributed by atoms with Gasteiger partial charge in [0.1, 0.15) is 0 Å². The molecule has 4 saturated carbocycles. The van der Waals surface area contributed by atoms with E-state index in [4.69, 9.17) is 9.47 Å². The van der Waals surface area contributed by atoms with Gasteiger partial charge in [-0.25, -0.2) is 4.79 Å². The van der Waals surface area contributed by atoms with Gasteiger partial charge in [-0.15, -0.1) is 0 Å². The van der Waals surface area contributed by atoms with E-state index in [9.17, 15) is 9.59 Å². The second kappa shape index (κ2) is 8.45. The van der Waals surface area contributed by atoms with E-state index < -0.39 is 0 Å². The van der Waals surface area contributed by atoms with Crippen molar-refractivity contribution in [3.05, 3.63) is 23.8 Å². The summed E-state index contributed by atoms with van der Waals surface area (Å²) in [5.74, 6) is 2.24. The minimum Gasteiger partial charge on any atom is -0.462 e. The Morgan fingerprint density at radius 1 is 1.10 bits per heavy atom. The Hall–Kier alpha value is -2.08. The predicted molar refractivity (Wildman–Crippen MR) is 119 cm³/mol. The van der Waals surface area contributed by atoms with Gasteiger partial charge in [0.2, 0.25) is 5.91 Å². The van der Waals surface area contributed by atoms with Gasteiger partial charge in [-0.2, -0.15) is 0 Å². The molecule has 1 aliphatic heterocycles.